The zero-order valence-electron chi connectivity index (χ0n) is 11.6. The van der Waals surface area contributed by atoms with Crippen molar-refractivity contribution in [2.75, 3.05) is 20.3 Å². The molecule has 2 aromatic rings. The molecule has 1 heterocycles. The monoisotopic (exact) mass is 310 g/mol. The molecule has 0 aliphatic carbocycles. The Kier molecular flexibility index (Phi) is 5.92. The summed E-state index contributed by atoms with van der Waals surface area (Å²) in [6.07, 6.45) is 3.03. The van der Waals surface area contributed by atoms with Crippen LogP contribution in [0.2, 0.25) is 5.02 Å². The molecule has 0 amide bonds. The van der Waals surface area contributed by atoms with Gasteiger partial charge in [0.1, 0.15) is 17.3 Å². The van der Waals surface area contributed by atoms with E-state index in [-0.39, 0.29) is 5.82 Å². The van der Waals surface area contributed by atoms with Crippen LogP contribution >= 0.6 is 11.6 Å². The highest BCUT2D eigenvalue weighted by molar-refractivity contribution is 6.30. The smallest absolute Gasteiger partial charge is 0.147 e. The summed E-state index contributed by atoms with van der Waals surface area (Å²) >= 11 is 5.86. The molecule has 0 atom stereocenters. The van der Waals surface area contributed by atoms with Gasteiger partial charge in [0.25, 0.3) is 0 Å². The van der Waals surface area contributed by atoms with E-state index in [1.807, 2.05) is 0 Å². The van der Waals surface area contributed by atoms with Crippen LogP contribution < -0.4 is 10.1 Å². The molecule has 6 heteroatoms. The average molecular weight is 311 g/mol. The van der Waals surface area contributed by atoms with Crippen LogP contribution in [0.5, 0.6) is 11.5 Å². The first-order valence-corrected chi connectivity index (χ1v) is 6.84. The number of ether oxygens (including phenoxy) is 2. The second-order valence-electron chi connectivity index (χ2n) is 4.33. The van der Waals surface area contributed by atoms with Gasteiger partial charge in [-0.05, 0) is 12.1 Å². The maximum atomic E-state index is 13.9. The van der Waals surface area contributed by atoms with Crippen LogP contribution in [-0.4, -0.2) is 25.2 Å². The molecule has 0 spiro atoms. The molecule has 1 aromatic heterocycles. The number of pyridine rings is 1. The van der Waals surface area contributed by atoms with Gasteiger partial charge >= 0.3 is 0 Å². The van der Waals surface area contributed by atoms with E-state index in [0.29, 0.717) is 41.8 Å². The Morgan fingerprint density at radius 2 is 2.19 bits per heavy atom. The number of halogens is 2. The Hall–Kier alpha value is -1.69. The van der Waals surface area contributed by atoms with Crippen molar-refractivity contribution in [3.8, 4) is 11.5 Å². The van der Waals surface area contributed by atoms with E-state index < -0.39 is 0 Å². The minimum absolute atomic E-state index is 0.326. The number of aromatic nitrogens is 1. The molecule has 21 heavy (non-hydrogen) atoms. The van der Waals surface area contributed by atoms with Crippen LogP contribution in [-0.2, 0) is 11.3 Å². The molecule has 112 valence electrons. The molecular formula is C15H16ClFN2O2. The van der Waals surface area contributed by atoms with Gasteiger partial charge in [-0.2, -0.15) is 0 Å². The van der Waals surface area contributed by atoms with Crippen molar-refractivity contribution in [3.63, 3.8) is 0 Å². The van der Waals surface area contributed by atoms with E-state index in [1.165, 1.54) is 18.5 Å². The first kappa shape index (κ1) is 15.7. The summed E-state index contributed by atoms with van der Waals surface area (Å²) in [5.74, 6) is 0.572. The van der Waals surface area contributed by atoms with Crippen LogP contribution in [0, 0.1) is 5.82 Å². The molecule has 0 bridgehead atoms. The molecule has 1 N–H and O–H groups in total. The predicted molar refractivity (Wildman–Crippen MR) is 79.3 cm³/mol. The van der Waals surface area contributed by atoms with Crippen molar-refractivity contribution >= 4 is 11.6 Å². The van der Waals surface area contributed by atoms with Gasteiger partial charge < -0.3 is 14.8 Å². The molecule has 0 radical (unpaired) electrons. The average Bonchev–Trinajstić information content (AvgIpc) is 2.46. The molecule has 2 rings (SSSR count). The number of benzene rings is 1. The normalized spacial score (nSPS) is 10.6. The summed E-state index contributed by atoms with van der Waals surface area (Å²) in [5, 5.41) is 3.56. The topological polar surface area (TPSA) is 43.4 Å². The molecule has 0 unspecified atom stereocenters. The number of rotatable bonds is 7. The van der Waals surface area contributed by atoms with Crippen molar-refractivity contribution in [2.24, 2.45) is 0 Å². The van der Waals surface area contributed by atoms with E-state index in [2.05, 4.69) is 10.3 Å². The van der Waals surface area contributed by atoms with Crippen molar-refractivity contribution in [1.29, 1.82) is 0 Å². The third kappa shape index (κ3) is 4.67. The van der Waals surface area contributed by atoms with Gasteiger partial charge in [-0.1, -0.05) is 17.7 Å². The molecule has 1 aromatic carbocycles. The van der Waals surface area contributed by atoms with Crippen molar-refractivity contribution in [2.45, 2.75) is 6.54 Å². The summed E-state index contributed by atoms with van der Waals surface area (Å²) in [6.45, 7) is 1.53. The van der Waals surface area contributed by atoms with E-state index >= 15 is 0 Å². The first-order chi connectivity index (χ1) is 10.2. The highest BCUT2D eigenvalue weighted by Crippen LogP contribution is 2.28. The fraction of sp³-hybridized carbons (Fsp3) is 0.267. The third-order valence-electron chi connectivity index (χ3n) is 2.77. The number of nitrogens with zero attached hydrogens (tertiary/aromatic N) is 1. The van der Waals surface area contributed by atoms with E-state index in [9.17, 15) is 4.39 Å². The fourth-order valence-electron chi connectivity index (χ4n) is 1.77. The largest absolute Gasteiger partial charge is 0.455 e. The highest BCUT2D eigenvalue weighted by atomic mass is 35.5. The zero-order valence-corrected chi connectivity index (χ0v) is 12.4. The van der Waals surface area contributed by atoms with Crippen molar-refractivity contribution in [1.82, 2.24) is 10.3 Å². The highest BCUT2D eigenvalue weighted by Gasteiger charge is 2.10. The lowest BCUT2D eigenvalue weighted by molar-refractivity contribution is 0.199. The third-order valence-corrected chi connectivity index (χ3v) is 2.97. The summed E-state index contributed by atoms with van der Waals surface area (Å²) in [5.41, 5.74) is 0.452. The molecular weight excluding hydrogens is 295 g/mol. The molecule has 0 aliphatic heterocycles. The Morgan fingerprint density at radius 3 is 2.95 bits per heavy atom. The van der Waals surface area contributed by atoms with Gasteiger partial charge in [-0.15, -0.1) is 0 Å². The van der Waals surface area contributed by atoms with Crippen LogP contribution in [0.3, 0.4) is 0 Å². The Balaban J connectivity index is 2.13. The van der Waals surface area contributed by atoms with E-state index in [4.69, 9.17) is 21.1 Å². The van der Waals surface area contributed by atoms with Gasteiger partial charge in [0.2, 0.25) is 0 Å². The van der Waals surface area contributed by atoms with Crippen molar-refractivity contribution in [3.05, 3.63) is 53.1 Å². The standard InChI is InChI=1S/C15H16ClFN2O2/c1-20-6-5-18-10-13-14(17)3-2-4-15(13)21-12-7-11(16)8-19-9-12/h2-4,7-9,18H,5-6,10H2,1H3. The van der Waals surface area contributed by atoms with Crippen LogP contribution in [0.1, 0.15) is 5.56 Å². The van der Waals surface area contributed by atoms with Gasteiger partial charge in [0.05, 0.1) is 17.8 Å². The SMILES string of the molecule is COCCNCc1c(F)cccc1Oc1cncc(Cl)c1. The maximum Gasteiger partial charge on any atom is 0.147 e. The van der Waals surface area contributed by atoms with Gasteiger partial charge in [0, 0.05) is 38.0 Å². The Morgan fingerprint density at radius 1 is 1.33 bits per heavy atom. The van der Waals surface area contributed by atoms with E-state index in [0.717, 1.165) is 0 Å². The zero-order chi connectivity index (χ0) is 15.1. The number of hydrogen-bond acceptors (Lipinski definition) is 4. The number of nitrogens with one attached hydrogen (secondary N) is 1. The minimum atomic E-state index is -0.326. The minimum Gasteiger partial charge on any atom is -0.455 e. The van der Waals surface area contributed by atoms with Crippen LogP contribution in [0.4, 0.5) is 4.39 Å². The fourth-order valence-corrected chi connectivity index (χ4v) is 1.93. The lowest BCUT2D eigenvalue weighted by Crippen LogP contribution is -2.19. The number of hydrogen-bond donors (Lipinski definition) is 1. The lowest BCUT2D eigenvalue weighted by Gasteiger charge is -2.12. The van der Waals surface area contributed by atoms with Crippen LogP contribution in [0.15, 0.2) is 36.7 Å². The molecule has 0 fully saturated rings. The second-order valence-corrected chi connectivity index (χ2v) is 4.76. The molecule has 4 nitrogen and oxygen atoms in total. The Bertz CT molecular complexity index is 596. The summed E-state index contributed by atoms with van der Waals surface area (Å²) in [6, 6.07) is 6.33. The first-order valence-electron chi connectivity index (χ1n) is 6.46. The lowest BCUT2D eigenvalue weighted by atomic mass is 10.2. The van der Waals surface area contributed by atoms with Gasteiger partial charge in [0.15, 0.2) is 0 Å². The number of methoxy groups -OCH3 is 1. The quantitative estimate of drug-likeness (QED) is 0.796. The van der Waals surface area contributed by atoms with E-state index in [1.54, 1.807) is 25.3 Å². The van der Waals surface area contributed by atoms with Crippen LogP contribution in [0.25, 0.3) is 0 Å². The molecule has 0 saturated heterocycles. The predicted octanol–water partition coefficient (Wildman–Crippen LogP) is 3.40. The summed E-state index contributed by atoms with van der Waals surface area (Å²) < 4.78 is 24.6. The molecule has 0 saturated carbocycles. The summed E-state index contributed by atoms with van der Waals surface area (Å²) in [4.78, 5) is 3.94. The second kappa shape index (κ2) is 7.93. The maximum absolute atomic E-state index is 13.9. The van der Waals surface area contributed by atoms with Crippen molar-refractivity contribution < 1.29 is 13.9 Å². The Labute approximate surface area is 127 Å². The summed E-state index contributed by atoms with van der Waals surface area (Å²) in [7, 11) is 1.62. The van der Waals surface area contributed by atoms with Gasteiger partial charge in [-0.3, -0.25) is 4.98 Å². The van der Waals surface area contributed by atoms with Gasteiger partial charge in [-0.25, -0.2) is 4.39 Å². The molecule has 0 aliphatic rings.